The van der Waals surface area contributed by atoms with Crippen molar-refractivity contribution in [3.8, 4) is 0 Å². The summed E-state index contributed by atoms with van der Waals surface area (Å²) in [6, 6.07) is 5.52. The van der Waals surface area contributed by atoms with Crippen LogP contribution in [0.15, 0.2) is 18.2 Å². The maximum Gasteiger partial charge on any atom is 0.313 e. The van der Waals surface area contributed by atoms with E-state index in [0.29, 0.717) is 25.1 Å². The Morgan fingerprint density at radius 1 is 1.00 bits per heavy atom. The summed E-state index contributed by atoms with van der Waals surface area (Å²) >= 11 is 0. The van der Waals surface area contributed by atoms with Crippen molar-refractivity contribution in [3.63, 3.8) is 0 Å². The largest absolute Gasteiger partial charge is 0.465 e. The lowest BCUT2D eigenvalue weighted by molar-refractivity contribution is -0.145. The summed E-state index contributed by atoms with van der Waals surface area (Å²) in [4.78, 5) is 24.4. The van der Waals surface area contributed by atoms with Gasteiger partial charge < -0.3 is 15.2 Å². The Labute approximate surface area is 182 Å². The fourth-order valence-corrected chi connectivity index (χ4v) is 3.63. The van der Waals surface area contributed by atoms with E-state index in [1.807, 2.05) is 19.1 Å². The van der Waals surface area contributed by atoms with Gasteiger partial charge in [-0.1, -0.05) is 77.8 Å². The standard InChI is InChI=1S/C25H41NO4/c1-5-8-10-11-12-14-24(28)20-15-16-22(23(18-20)26-19(4)27)21(7-3)25(29)30-17-13-9-6-2/h15-16,18,21,24,28H,5-14,17H2,1-4H3,(H,26,27). The third kappa shape index (κ3) is 9.29. The zero-order chi connectivity index (χ0) is 22.4. The summed E-state index contributed by atoms with van der Waals surface area (Å²) in [5.41, 5.74) is 2.10. The summed E-state index contributed by atoms with van der Waals surface area (Å²) in [6.45, 7) is 8.11. The first-order valence-corrected chi connectivity index (χ1v) is 11.7. The highest BCUT2D eigenvalue weighted by Crippen LogP contribution is 2.32. The van der Waals surface area contributed by atoms with Gasteiger partial charge >= 0.3 is 5.97 Å². The number of ether oxygens (including phenoxy) is 1. The van der Waals surface area contributed by atoms with Crippen LogP contribution in [-0.2, 0) is 14.3 Å². The van der Waals surface area contributed by atoms with Gasteiger partial charge in [0.15, 0.2) is 0 Å². The molecule has 0 aliphatic heterocycles. The minimum atomic E-state index is -0.575. The number of anilines is 1. The summed E-state index contributed by atoms with van der Waals surface area (Å²) in [6.07, 6.45) is 9.37. The molecule has 0 fully saturated rings. The van der Waals surface area contributed by atoms with Gasteiger partial charge in [-0.25, -0.2) is 0 Å². The number of aliphatic hydroxyl groups excluding tert-OH is 1. The molecule has 170 valence electrons. The molecule has 2 atom stereocenters. The Bertz CT molecular complexity index is 644. The third-order valence-electron chi connectivity index (χ3n) is 5.41. The Morgan fingerprint density at radius 3 is 2.30 bits per heavy atom. The van der Waals surface area contributed by atoms with Gasteiger partial charge in [0.1, 0.15) is 0 Å². The van der Waals surface area contributed by atoms with Crippen molar-refractivity contribution < 1.29 is 19.4 Å². The van der Waals surface area contributed by atoms with Crippen LogP contribution >= 0.6 is 0 Å². The van der Waals surface area contributed by atoms with Crippen LogP contribution in [0.25, 0.3) is 0 Å². The first-order valence-electron chi connectivity index (χ1n) is 11.7. The molecule has 30 heavy (non-hydrogen) atoms. The lowest BCUT2D eigenvalue weighted by atomic mass is 9.92. The maximum atomic E-state index is 12.6. The van der Waals surface area contributed by atoms with Crippen LogP contribution in [0.5, 0.6) is 0 Å². The average Bonchev–Trinajstić information content (AvgIpc) is 2.72. The van der Waals surface area contributed by atoms with Gasteiger partial charge in [-0.05, 0) is 36.5 Å². The number of hydrogen-bond acceptors (Lipinski definition) is 4. The molecule has 0 aromatic heterocycles. The number of carbonyl (C=O) groups excluding carboxylic acids is 2. The Morgan fingerprint density at radius 2 is 1.67 bits per heavy atom. The third-order valence-corrected chi connectivity index (χ3v) is 5.41. The number of nitrogens with one attached hydrogen (secondary N) is 1. The maximum absolute atomic E-state index is 12.6. The fourth-order valence-electron chi connectivity index (χ4n) is 3.63. The van der Waals surface area contributed by atoms with Crippen molar-refractivity contribution in [2.24, 2.45) is 0 Å². The highest BCUT2D eigenvalue weighted by Gasteiger charge is 2.24. The average molecular weight is 420 g/mol. The zero-order valence-electron chi connectivity index (χ0n) is 19.3. The first-order chi connectivity index (χ1) is 14.4. The summed E-state index contributed by atoms with van der Waals surface area (Å²) in [7, 11) is 0. The molecule has 2 unspecified atom stereocenters. The highest BCUT2D eigenvalue weighted by atomic mass is 16.5. The van der Waals surface area contributed by atoms with Crippen molar-refractivity contribution in [1.82, 2.24) is 0 Å². The Kier molecular flexibility index (Phi) is 13.1. The molecule has 0 radical (unpaired) electrons. The molecule has 1 amide bonds. The predicted molar refractivity (Wildman–Crippen MR) is 123 cm³/mol. The van der Waals surface area contributed by atoms with Gasteiger partial charge in [-0.15, -0.1) is 0 Å². The van der Waals surface area contributed by atoms with Crippen molar-refractivity contribution in [2.75, 3.05) is 11.9 Å². The number of esters is 1. The predicted octanol–water partition coefficient (Wildman–Crippen LogP) is 6.27. The molecule has 0 spiro atoms. The van der Waals surface area contributed by atoms with Crippen LogP contribution in [0.4, 0.5) is 5.69 Å². The van der Waals surface area contributed by atoms with Gasteiger partial charge in [0.25, 0.3) is 0 Å². The molecule has 0 bridgehead atoms. The Hall–Kier alpha value is -1.88. The second kappa shape index (κ2) is 15.0. The summed E-state index contributed by atoms with van der Waals surface area (Å²) in [5.74, 6) is -0.897. The molecule has 5 heteroatoms. The number of rotatable bonds is 15. The molecule has 5 nitrogen and oxygen atoms in total. The molecule has 1 rings (SSSR count). The van der Waals surface area contributed by atoms with Gasteiger partial charge in [-0.3, -0.25) is 9.59 Å². The van der Waals surface area contributed by atoms with E-state index < -0.39 is 12.0 Å². The smallest absolute Gasteiger partial charge is 0.313 e. The molecular weight excluding hydrogens is 378 g/mol. The van der Waals surface area contributed by atoms with E-state index in [4.69, 9.17) is 4.74 Å². The van der Waals surface area contributed by atoms with Crippen LogP contribution in [0.2, 0.25) is 0 Å². The molecular formula is C25H41NO4. The fraction of sp³-hybridized carbons (Fsp3) is 0.680. The first kappa shape index (κ1) is 26.2. The van der Waals surface area contributed by atoms with Crippen molar-refractivity contribution in [2.45, 2.75) is 104 Å². The van der Waals surface area contributed by atoms with Crippen LogP contribution in [0.1, 0.15) is 115 Å². The molecule has 0 heterocycles. The molecule has 0 aliphatic rings. The quantitative estimate of drug-likeness (QED) is 0.260. The molecule has 2 N–H and O–H groups in total. The number of carbonyl (C=O) groups is 2. The Balaban J connectivity index is 2.91. The minimum Gasteiger partial charge on any atom is -0.465 e. The van der Waals surface area contributed by atoms with Crippen molar-refractivity contribution in [3.05, 3.63) is 29.3 Å². The van der Waals surface area contributed by atoms with E-state index in [0.717, 1.165) is 43.2 Å². The lowest BCUT2D eigenvalue weighted by Gasteiger charge is -2.20. The highest BCUT2D eigenvalue weighted by molar-refractivity contribution is 5.91. The van der Waals surface area contributed by atoms with E-state index in [2.05, 4.69) is 19.2 Å². The van der Waals surface area contributed by atoms with Crippen molar-refractivity contribution >= 4 is 17.6 Å². The zero-order valence-corrected chi connectivity index (χ0v) is 19.3. The minimum absolute atomic E-state index is 0.200. The molecule has 0 saturated carbocycles. The second-order valence-electron chi connectivity index (χ2n) is 8.08. The number of amides is 1. The van der Waals surface area contributed by atoms with Crippen LogP contribution in [0.3, 0.4) is 0 Å². The van der Waals surface area contributed by atoms with Crippen LogP contribution < -0.4 is 5.32 Å². The number of unbranched alkanes of at least 4 members (excludes halogenated alkanes) is 6. The van der Waals surface area contributed by atoms with Gasteiger partial charge in [0.05, 0.1) is 18.6 Å². The normalized spacial score (nSPS) is 13.0. The summed E-state index contributed by atoms with van der Waals surface area (Å²) in [5, 5.41) is 13.4. The van der Waals surface area contributed by atoms with Gasteiger partial charge in [0, 0.05) is 12.6 Å². The van der Waals surface area contributed by atoms with E-state index in [9.17, 15) is 14.7 Å². The van der Waals surface area contributed by atoms with Crippen LogP contribution in [0, 0.1) is 0 Å². The second-order valence-corrected chi connectivity index (χ2v) is 8.08. The number of aliphatic hydroxyl groups is 1. The molecule has 1 aromatic carbocycles. The number of benzene rings is 1. The SMILES string of the molecule is CCCCCCCC(O)c1ccc(C(CC)C(=O)OCCCCC)c(NC(C)=O)c1. The van der Waals surface area contributed by atoms with E-state index in [-0.39, 0.29) is 11.9 Å². The van der Waals surface area contributed by atoms with E-state index in [1.54, 1.807) is 6.07 Å². The van der Waals surface area contributed by atoms with Gasteiger partial charge in [-0.2, -0.15) is 0 Å². The lowest BCUT2D eigenvalue weighted by Crippen LogP contribution is -2.19. The monoisotopic (exact) mass is 419 g/mol. The van der Waals surface area contributed by atoms with Gasteiger partial charge in [0.2, 0.25) is 5.91 Å². The molecule has 0 aliphatic carbocycles. The van der Waals surface area contributed by atoms with Crippen molar-refractivity contribution in [1.29, 1.82) is 0 Å². The van der Waals surface area contributed by atoms with E-state index >= 15 is 0 Å². The molecule has 1 aromatic rings. The summed E-state index contributed by atoms with van der Waals surface area (Å²) < 4.78 is 5.47. The van der Waals surface area contributed by atoms with E-state index in [1.165, 1.54) is 26.2 Å². The topological polar surface area (TPSA) is 75.6 Å². The molecule has 0 saturated heterocycles. The van der Waals surface area contributed by atoms with Crippen LogP contribution in [-0.4, -0.2) is 23.6 Å². The number of hydrogen-bond donors (Lipinski definition) is 2.